The van der Waals surface area contributed by atoms with Crippen LogP contribution in [-0.2, 0) is 16.0 Å². The zero-order chi connectivity index (χ0) is 16.7. The molecule has 0 aliphatic heterocycles. The summed E-state index contributed by atoms with van der Waals surface area (Å²) in [5.74, 6) is 1.56. The predicted octanol–water partition coefficient (Wildman–Crippen LogP) is 3.24. The highest BCUT2D eigenvalue weighted by molar-refractivity contribution is 5.69. The first-order valence-electron chi connectivity index (χ1n) is 7.59. The van der Waals surface area contributed by atoms with Crippen molar-refractivity contribution >= 4 is 5.97 Å². The van der Waals surface area contributed by atoms with Crippen LogP contribution in [0.3, 0.4) is 0 Å². The minimum atomic E-state index is -0.269. The van der Waals surface area contributed by atoms with Crippen LogP contribution < -0.4 is 9.47 Å². The number of oxazole rings is 1. The molecular formula is C17H21NO5. The molecule has 2 rings (SSSR count). The fraction of sp³-hybridized carbons (Fsp3) is 0.412. The van der Waals surface area contributed by atoms with Crippen molar-refractivity contribution in [1.29, 1.82) is 0 Å². The van der Waals surface area contributed by atoms with Gasteiger partial charge in [0.25, 0.3) is 0 Å². The fourth-order valence-electron chi connectivity index (χ4n) is 2.07. The van der Waals surface area contributed by atoms with Crippen molar-refractivity contribution in [1.82, 2.24) is 4.98 Å². The smallest absolute Gasteiger partial charge is 0.305 e. The summed E-state index contributed by atoms with van der Waals surface area (Å²) < 4.78 is 21.2. The Kier molecular flexibility index (Phi) is 6.02. The Bertz CT molecular complexity index is 650. The number of benzene rings is 1. The van der Waals surface area contributed by atoms with Gasteiger partial charge in [0.2, 0.25) is 5.89 Å². The molecule has 0 saturated carbocycles. The highest BCUT2D eigenvalue weighted by atomic mass is 16.5. The highest BCUT2D eigenvalue weighted by Crippen LogP contribution is 2.32. The molecule has 124 valence electrons. The second-order valence-corrected chi connectivity index (χ2v) is 4.75. The van der Waals surface area contributed by atoms with Gasteiger partial charge in [-0.3, -0.25) is 4.79 Å². The Balaban J connectivity index is 2.16. The topological polar surface area (TPSA) is 70.8 Å². The van der Waals surface area contributed by atoms with Gasteiger partial charge in [-0.05, 0) is 32.0 Å². The van der Waals surface area contributed by atoms with Crippen LogP contribution >= 0.6 is 0 Å². The third kappa shape index (κ3) is 4.48. The van der Waals surface area contributed by atoms with Gasteiger partial charge < -0.3 is 18.6 Å². The van der Waals surface area contributed by atoms with E-state index in [1.54, 1.807) is 6.26 Å². The maximum absolute atomic E-state index is 11.2. The van der Waals surface area contributed by atoms with Crippen LogP contribution in [0.4, 0.5) is 0 Å². The summed E-state index contributed by atoms with van der Waals surface area (Å²) in [5, 5.41) is 0. The quantitative estimate of drug-likeness (QED) is 0.696. The molecule has 23 heavy (non-hydrogen) atoms. The van der Waals surface area contributed by atoms with Crippen molar-refractivity contribution in [2.24, 2.45) is 0 Å². The van der Waals surface area contributed by atoms with Crippen LogP contribution in [0, 0.1) is 0 Å². The minimum absolute atomic E-state index is 0.269. The molecule has 0 N–H and O–H groups in total. The van der Waals surface area contributed by atoms with E-state index in [1.165, 1.54) is 7.11 Å². The number of carbonyl (C=O) groups is 1. The van der Waals surface area contributed by atoms with Gasteiger partial charge in [0.15, 0.2) is 11.5 Å². The maximum Gasteiger partial charge on any atom is 0.305 e. The van der Waals surface area contributed by atoms with Crippen molar-refractivity contribution < 1.29 is 23.4 Å². The average molecular weight is 319 g/mol. The maximum atomic E-state index is 11.2. The van der Waals surface area contributed by atoms with Crippen LogP contribution in [0.15, 0.2) is 28.9 Å². The molecule has 0 unspecified atom stereocenters. The van der Waals surface area contributed by atoms with Gasteiger partial charge in [0, 0.05) is 12.0 Å². The standard InChI is InChI=1S/C17H21NO5/c1-4-21-14-8-6-12(10-15(14)22-5-2)17-18-13(11-23-17)7-9-16(19)20-3/h6,8,10-11H,4-5,7,9H2,1-3H3. The number of carbonyl (C=O) groups excluding carboxylic acids is 1. The van der Waals surface area contributed by atoms with Gasteiger partial charge in [-0.2, -0.15) is 0 Å². The molecule has 6 nitrogen and oxygen atoms in total. The summed E-state index contributed by atoms with van der Waals surface area (Å²) in [6.45, 7) is 4.94. The first-order chi connectivity index (χ1) is 11.2. The van der Waals surface area contributed by atoms with Gasteiger partial charge in [0.05, 0.1) is 32.4 Å². The zero-order valence-corrected chi connectivity index (χ0v) is 13.6. The van der Waals surface area contributed by atoms with E-state index in [2.05, 4.69) is 9.72 Å². The van der Waals surface area contributed by atoms with Crippen molar-refractivity contribution in [2.75, 3.05) is 20.3 Å². The number of rotatable bonds is 8. The summed E-state index contributed by atoms with van der Waals surface area (Å²) in [5.41, 5.74) is 1.50. The fourth-order valence-corrected chi connectivity index (χ4v) is 2.07. The summed E-state index contributed by atoms with van der Waals surface area (Å²) in [7, 11) is 1.37. The van der Waals surface area contributed by atoms with Crippen LogP contribution in [0.5, 0.6) is 11.5 Å². The minimum Gasteiger partial charge on any atom is -0.490 e. The van der Waals surface area contributed by atoms with Crippen molar-refractivity contribution in [3.05, 3.63) is 30.2 Å². The first-order valence-corrected chi connectivity index (χ1v) is 7.59. The number of esters is 1. The molecule has 1 aromatic carbocycles. The Morgan fingerprint density at radius 1 is 1.17 bits per heavy atom. The molecule has 1 heterocycles. The van der Waals surface area contributed by atoms with E-state index < -0.39 is 0 Å². The predicted molar refractivity (Wildman–Crippen MR) is 84.6 cm³/mol. The number of nitrogens with zero attached hydrogens (tertiary/aromatic N) is 1. The van der Waals surface area contributed by atoms with Gasteiger partial charge in [0.1, 0.15) is 6.26 Å². The SMILES string of the molecule is CCOc1ccc(-c2nc(CCC(=O)OC)co2)cc1OCC. The van der Waals surface area contributed by atoms with Crippen LogP contribution in [0.25, 0.3) is 11.5 Å². The van der Waals surface area contributed by atoms with Crippen LogP contribution in [0.1, 0.15) is 26.0 Å². The van der Waals surface area contributed by atoms with E-state index in [-0.39, 0.29) is 12.4 Å². The third-order valence-electron chi connectivity index (χ3n) is 3.16. The summed E-state index contributed by atoms with van der Waals surface area (Å²) in [6, 6.07) is 5.54. The Hall–Kier alpha value is -2.50. The largest absolute Gasteiger partial charge is 0.490 e. The van der Waals surface area contributed by atoms with E-state index in [0.29, 0.717) is 42.7 Å². The monoisotopic (exact) mass is 319 g/mol. The summed E-state index contributed by atoms with van der Waals surface area (Å²) in [4.78, 5) is 15.6. The lowest BCUT2D eigenvalue weighted by Gasteiger charge is -2.11. The number of hydrogen-bond acceptors (Lipinski definition) is 6. The van der Waals surface area contributed by atoms with Crippen molar-refractivity contribution in [2.45, 2.75) is 26.7 Å². The van der Waals surface area contributed by atoms with Gasteiger partial charge in [-0.25, -0.2) is 4.98 Å². The lowest BCUT2D eigenvalue weighted by Crippen LogP contribution is -2.02. The molecule has 0 aliphatic carbocycles. The molecule has 0 atom stereocenters. The molecule has 0 radical (unpaired) electrons. The molecule has 0 aliphatic rings. The van der Waals surface area contributed by atoms with E-state index in [1.807, 2.05) is 32.0 Å². The molecule has 0 saturated heterocycles. The molecule has 0 spiro atoms. The lowest BCUT2D eigenvalue weighted by atomic mass is 10.2. The number of hydrogen-bond donors (Lipinski definition) is 0. The first kappa shape index (κ1) is 16.9. The third-order valence-corrected chi connectivity index (χ3v) is 3.16. The summed E-state index contributed by atoms with van der Waals surface area (Å²) in [6.07, 6.45) is 2.30. The number of aryl methyl sites for hydroxylation is 1. The van der Waals surface area contributed by atoms with E-state index in [4.69, 9.17) is 13.9 Å². The van der Waals surface area contributed by atoms with E-state index >= 15 is 0 Å². The van der Waals surface area contributed by atoms with E-state index in [0.717, 1.165) is 5.56 Å². The lowest BCUT2D eigenvalue weighted by molar-refractivity contribution is -0.140. The molecule has 2 aromatic rings. The number of methoxy groups -OCH3 is 1. The van der Waals surface area contributed by atoms with Gasteiger partial charge in [-0.1, -0.05) is 0 Å². The van der Waals surface area contributed by atoms with Crippen LogP contribution in [-0.4, -0.2) is 31.3 Å². The Labute approximate surface area is 135 Å². The average Bonchev–Trinajstić information content (AvgIpc) is 3.03. The summed E-state index contributed by atoms with van der Waals surface area (Å²) >= 11 is 0. The van der Waals surface area contributed by atoms with Gasteiger partial charge >= 0.3 is 5.97 Å². The molecular weight excluding hydrogens is 298 g/mol. The van der Waals surface area contributed by atoms with E-state index in [9.17, 15) is 4.79 Å². The molecule has 0 amide bonds. The normalized spacial score (nSPS) is 10.4. The zero-order valence-electron chi connectivity index (χ0n) is 13.6. The molecule has 0 bridgehead atoms. The Morgan fingerprint density at radius 3 is 2.61 bits per heavy atom. The highest BCUT2D eigenvalue weighted by Gasteiger charge is 2.12. The number of ether oxygens (including phenoxy) is 3. The van der Waals surface area contributed by atoms with Gasteiger partial charge in [-0.15, -0.1) is 0 Å². The second-order valence-electron chi connectivity index (χ2n) is 4.75. The second kappa shape index (κ2) is 8.22. The van der Waals surface area contributed by atoms with Crippen LogP contribution in [0.2, 0.25) is 0 Å². The Morgan fingerprint density at radius 2 is 1.91 bits per heavy atom. The molecule has 6 heteroatoms. The molecule has 0 fully saturated rings. The van der Waals surface area contributed by atoms with Crippen molar-refractivity contribution in [3.63, 3.8) is 0 Å². The van der Waals surface area contributed by atoms with Crippen molar-refractivity contribution in [3.8, 4) is 23.0 Å². The molecule has 1 aromatic heterocycles. The number of aromatic nitrogens is 1.